The van der Waals surface area contributed by atoms with Crippen LogP contribution >= 0.6 is 14.5 Å². The molecule has 10 aromatic rings. The van der Waals surface area contributed by atoms with E-state index in [1.54, 1.807) is 0 Å². The summed E-state index contributed by atoms with van der Waals surface area (Å²) in [6, 6.07) is 69.8. The summed E-state index contributed by atoms with van der Waals surface area (Å²) in [5, 5.41) is 7.55. The van der Waals surface area contributed by atoms with E-state index in [2.05, 4.69) is 182 Å². The first-order valence-electron chi connectivity index (χ1n) is 23.0. The molecule has 0 aromatic heterocycles. The van der Waals surface area contributed by atoms with Crippen LogP contribution in [0.15, 0.2) is 187 Å². The fourth-order valence-corrected chi connectivity index (χ4v) is 16.7. The van der Waals surface area contributed by atoms with Crippen LogP contribution in [-0.4, -0.2) is 0 Å². The number of rotatable bonds is 7. The molecule has 0 fully saturated rings. The molecule has 0 saturated carbocycles. The van der Waals surface area contributed by atoms with Crippen LogP contribution in [0.1, 0.15) is 0 Å². The van der Waals surface area contributed by atoms with Crippen LogP contribution in [-0.2, 0) is 22.4 Å². The van der Waals surface area contributed by atoms with E-state index < -0.39 is 131 Å². The second-order valence-corrected chi connectivity index (χ2v) is 22.5. The van der Waals surface area contributed by atoms with Gasteiger partial charge in [-0.1, -0.05) is 146 Å². The van der Waals surface area contributed by atoms with Gasteiger partial charge < -0.3 is 0 Å². The van der Waals surface area contributed by atoms with E-state index in [1.165, 1.54) is 31.8 Å². The molecule has 0 amide bonds. The van der Waals surface area contributed by atoms with Crippen LogP contribution in [0, 0.1) is 141 Å². The average Bonchev–Trinajstić information content (AvgIpc) is 1.02. The number of hydrogen-bond acceptors (Lipinski definition) is 1. The summed E-state index contributed by atoms with van der Waals surface area (Å²) in [6.45, 7) is 0. The molecule has 0 N–H and O–H groups in total. The molecule has 10 aromatic carbocycles. The van der Waals surface area contributed by atoms with E-state index >= 15 is 0 Å². The monoisotopic (exact) mass is 1400 g/mol. The van der Waals surface area contributed by atoms with E-state index in [0.29, 0.717) is 0 Å². The Morgan fingerprint density at radius 1 is 0.226 bits per heavy atom. The van der Waals surface area contributed by atoms with Crippen molar-refractivity contribution in [2.75, 3.05) is 0 Å². The minimum absolute atomic E-state index is 0. The third-order valence-corrected chi connectivity index (χ3v) is 19.4. The zero-order valence-corrected chi connectivity index (χ0v) is 45.5. The van der Waals surface area contributed by atoms with Gasteiger partial charge in [-0.15, -0.1) is 28.8 Å². The number of nitrogens with zero attached hydrogens (tertiary/aromatic N) is 1. The largest absolute Gasteiger partial charge is 3.00 e. The van der Waals surface area contributed by atoms with Crippen molar-refractivity contribution in [1.29, 1.82) is 0 Å². The predicted molar refractivity (Wildman–Crippen MR) is 273 cm³/mol. The Kier molecular flexibility index (Phi) is 24.0. The van der Waals surface area contributed by atoms with Gasteiger partial charge in [-0.25, -0.2) is 52.7 Å². The molecule has 24 heteroatoms. The van der Waals surface area contributed by atoms with Crippen molar-refractivity contribution in [1.82, 2.24) is 0 Å². The Balaban J connectivity index is 0.000000232. The van der Waals surface area contributed by atoms with Crippen molar-refractivity contribution in [3.63, 3.8) is 0 Å². The maximum absolute atomic E-state index is 12.0. The van der Waals surface area contributed by atoms with E-state index in [4.69, 9.17) is 4.52 Å². The Labute approximate surface area is 481 Å². The predicted octanol–water partition coefficient (Wildman–Crippen LogP) is 15.8. The molecule has 0 saturated heterocycles. The fourth-order valence-electron chi connectivity index (χ4n) is 7.25. The molecule has 1 nitrogen and oxygen atoms in total. The van der Waals surface area contributed by atoms with Gasteiger partial charge in [0.2, 0.25) is 7.41 Å². The SMILES string of the molecule is Fc1[c-]c(F)c(F)c(F)c1F.Fc1[c-]c(F)c(F)c(F)c1F.Fc1[c-]c(F)c(F)c(F)c1F.Fc1[c-]c(F)c(F)c(F)c1F.[Au+3].c1ccc(P(=N[P+](c2ccccc2)(c2ccccc2)c2ccccc2)(c2ccccc2)c2ccccc2)cc1. The quantitative estimate of drug-likeness (QED) is 0.0377. The topological polar surface area (TPSA) is 12.4 Å². The zero-order chi connectivity index (χ0) is 60.8. The molecule has 0 unspecified atom stereocenters. The van der Waals surface area contributed by atoms with Crippen LogP contribution in [0.5, 0.6) is 0 Å². The van der Waals surface area contributed by atoms with Crippen LogP contribution < -0.4 is 31.8 Å². The van der Waals surface area contributed by atoms with E-state index in [-0.39, 0.29) is 22.4 Å². The normalized spacial score (nSPS) is 10.8. The van der Waals surface area contributed by atoms with Gasteiger partial charge in [-0.2, -0.15) is 0 Å². The molecule has 10 rings (SSSR count). The number of benzene rings is 10. The molecule has 0 aliphatic carbocycles. The third kappa shape index (κ3) is 15.1. The summed E-state index contributed by atoms with van der Waals surface area (Å²) in [5.74, 6) is -40.2. The van der Waals surface area contributed by atoms with E-state index in [1.807, 2.05) is 0 Å². The molecule has 84 heavy (non-hydrogen) atoms. The molecule has 0 heterocycles. The van der Waals surface area contributed by atoms with Crippen LogP contribution in [0.2, 0.25) is 0 Å². The van der Waals surface area contributed by atoms with Gasteiger partial charge in [-0.3, -0.25) is 35.1 Å². The molecule has 0 atom stereocenters. The zero-order valence-electron chi connectivity index (χ0n) is 41.5. The van der Waals surface area contributed by atoms with Crippen LogP contribution in [0.3, 0.4) is 0 Å². The third-order valence-electron chi connectivity index (χ3n) is 11.0. The molecule has 0 radical (unpaired) electrons. The number of hydrogen-bond donors (Lipinski definition) is 0. The summed E-state index contributed by atoms with van der Waals surface area (Å²) < 4.78 is 246. The minimum Gasteiger partial charge on any atom is -0.278 e. The second kappa shape index (κ2) is 30.1. The van der Waals surface area contributed by atoms with Gasteiger partial charge in [-0.05, 0) is 36.4 Å². The van der Waals surface area contributed by atoms with Crippen molar-refractivity contribution >= 4 is 46.3 Å². The van der Waals surface area contributed by atoms with Gasteiger partial charge in [0.15, 0.2) is 0 Å². The van der Waals surface area contributed by atoms with E-state index in [9.17, 15) is 87.8 Å². The van der Waals surface area contributed by atoms with Crippen molar-refractivity contribution in [3.8, 4) is 0 Å². The molecule has 0 aliphatic rings. The van der Waals surface area contributed by atoms with Crippen molar-refractivity contribution in [2.24, 2.45) is 4.52 Å². The molecule has 0 bridgehead atoms. The smallest absolute Gasteiger partial charge is 0.278 e. The van der Waals surface area contributed by atoms with Gasteiger partial charge in [0.05, 0.1) is 116 Å². The molecule has 0 aliphatic heterocycles. The molecular weight excluding hydrogens is 1370 g/mol. The number of halogens is 20. The Bertz CT molecular complexity index is 3320. The summed E-state index contributed by atoms with van der Waals surface area (Å²) >= 11 is 0. The first-order chi connectivity index (χ1) is 39.5. The second-order valence-electron chi connectivity index (χ2n) is 16.2. The van der Waals surface area contributed by atoms with Gasteiger partial charge in [0, 0.05) is 15.9 Å². The summed E-state index contributed by atoms with van der Waals surface area (Å²) in [5.41, 5.74) is 0. The van der Waals surface area contributed by atoms with E-state index in [0.717, 1.165) is 24.3 Å². The summed E-state index contributed by atoms with van der Waals surface area (Å²) in [4.78, 5) is 0. The summed E-state index contributed by atoms with van der Waals surface area (Å²) in [7, 11) is -4.99. The minimum atomic E-state index is -2.50. The summed E-state index contributed by atoms with van der Waals surface area (Å²) in [6.07, 6.45) is 0. The standard InChI is InChI=1S/C36H30NP2.4C6F5.Au/c1-7-19-31(20-8-1)38(32-21-9-2-10-22-32,33-23-11-3-12-24-33)37-39(34-25-13-4-14-26-34,35-27-15-5-16-28-35)36-29-17-6-18-30-36;4*7-2-1-3(8)5(10)6(11)4(2)9;/h1-30H;;;;;/q+1;4*-1;+3. The average molecular weight is 1400 g/mol. The first-order valence-corrected chi connectivity index (χ1v) is 26.5. The van der Waals surface area contributed by atoms with Crippen molar-refractivity contribution < 1.29 is 110 Å². The first kappa shape index (κ1) is 67.0. The van der Waals surface area contributed by atoms with Crippen LogP contribution in [0.4, 0.5) is 87.8 Å². The molecule has 0 spiro atoms. The Morgan fingerprint density at radius 2 is 0.381 bits per heavy atom. The van der Waals surface area contributed by atoms with Crippen LogP contribution in [0.25, 0.3) is 0 Å². The Morgan fingerprint density at radius 3 is 0.548 bits per heavy atom. The Hall–Kier alpha value is -7.80. The van der Waals surface area contributed by atoms with Crippen molar-refractivity contribution in [3.05, 3.63) is 323 Å². The van der Waals surface area contributed by atoms with Gasteiger partial charge >= 0.3 is 22.4 Å². The maximum atomic E-state index is 12.0. The van der Waals surface area contributed by atoms with Gasteiger partial charge in [0.1, 0.15) is 23.0 Å². The fraction of sp³-hybridized carbons (Fsp3) is 0. The molecular formula is C60H30AuF20NP2. The van der Waals surface area contributed by atoms with Gasteiger partial charge in [0.25, 0.3) is 0 Å². The molecule has 436 valence electrons. The van der Waals surface area contributed by atoms with Crippen molar-refractivity contribution in [2.45, 2.75) is 0 Å². The maximum Gasteiger partial charge on any atom is 3.00 e.